The third kappa shape index (κ3) is 7.47. The molecule has 0 radical (unpaired) electrons. The fourth-order valence-corrected chi connectivity index (χ4v) is 8.63. The van der Waals surface area contributed by atoms with E-state index in [2.05, 4.69) is 23.3 Å². The van der Waals surface area contributed by atoms with Gasteiger partial charge in [-0.25, -0.2) is 14.6 Å². The van der Waals surface area contributed by atoms with Gasteiger partial charge in [0.2, 0.25) is 11.8 Å². The highest BCUT2D eigenvalue weighted by Gasteiger charge is 2.49. The van der Waals surface area contributed by atoms with Crippen molar-refractivity contribution in [2.24, 2.45) is 11.3 Å². The van der Waals surface area contributed by atoms with Gasteiger partial charge in [-0.05, 0) is 81.9 Å². The highest BCUT2D eigenvalue weighted by Crippen LogP contribution is 2.43. The minimum absolute atomic E-state index is 0.0789. The molecule has 5 unspecified atom stereocenters. The first kappa shape index (κ1) is 33.9. The lowest BCUT2D eigenvalue weighted by Crippen LogP contribution is -2.58. The molecule has 11 heteroatoms. The third-order valence-corrected chi connectivity index (χ3v) is 11.8. The van der Waals surface area contributed by atoms with Crippen molar-refractivity contribution in [1.29, 1.82) is 0 Å². The van der Waals surface area contributed by atoms with Gasteiger partial charge in [-0.1, -0.05) is 51.2 Å². The number of carboxylic acid groups (broad SMARTS) is 1. The number of carbonyl (C=O) groups excluding carboxylic acids is 2. The van der Waals surface area contributed by atoms with Crippen molar-refractivity contribution in [2.75, 3.05) is 26.7 Å². The quantitative estimate of drug-likeness (QED) is 0.418. The lowest BCUT2D eigenvalue weighted by Gasteiger charge is -2.41. The van der Waals surface area contributed by atoms with Gasteiger partial charge in [-0.2, -0.15) is 0 Å². The van der Waals surface area contributed by atoms with Gasteiger partial charge in [0.15, 0.2) is 0 Å². The Hall–Kier alpha value is -3.60. The number of alkyl carbamates (subject to hydrolysis) is 1. The van der Waals surface area contributed by atoms with Crippen LogP contribution in [0.1, 0.15) is 96.0 Å². The minimum atomic E-state index is -1.08. The van der Waals surface area contributed by atoms with Crippen LogP contribution in [0, 0.1) is 11.3 Å². The van der Waals surface area contributed by atoms with Crippen LogP contribution in [0.2, 0.25) is 0 Å². The topological polar surface area (TPSA) is 131 Å². The molecule has 11 nitrogen and oxygen atoms in total. The summed E-state index contributed by atoms with van der Waals surface area (Å²) in [6.45, 7) is 4.07. The second kappa shape index (κ2) is 14.3. The number of aromatic nitrogens is 1. The molecular weight excluding hydrogens is 624 g/mol. The van der Waals surface area contributed by atoms with E-state index < -0.39 is 35.7 Å². The molecule has 4 heterocycles. The Balaban J connectivity index is 1.24. The molecule has 3 aliphatic heterocycles. The largest absolute Gasteiger partial charge is 0.489 e. The zero-order valence-corrected chi connectivity index (χ0v) is 29.0. The molecule has 5 atom stereocenters. The highest BCUT2D eigenvalue weighted by molar-refractivity contribution is 5.91. The molecule has 49 heavy (non-hydrogen) atoms. The normalized spacial score (nSPS) is 30.2. The summed E-state index contributed by atoms with van der Waals surface area (Å²) in [6, 6.07) is 6.01. The Labute approximate surface area is 289 Å². The smallest absolute Gasteiger partial charge is 0.408 e. The summed E-state index contributed by atoms with van der Waals surface area (Å²) >= 11 is 0. The second-order valence-corrected chi connectivity index (χ2v) is 15.5. The highest BCUT2D eigenvalue weighted by atomic mass is 16.6. The summed E-state index contributed by atoms with van der Waals surface area (Å²) in [5, 5.41) is 14.3. The van der Waals surface area contributed by atoms with E-state index in [4.69, 9.17) is 19.2 Å². The number of pyridine rings is 1. The number of fused-ring (bicyclic) bond motifs is 5. The summed E-state index contributed by atoms with van der Waals surface area (Å²) in [4.78, 5) is 49.2. The Morgan fingerprint density at radius 1 is 1.00 bits per heavy atom. The molecule has 2 amide bonds. The van der Waals surface area contributed by atoms with Crippen molar-refractivity contribution in [3.05, 3.63) is 29.8 Å². The standard InChI is InChI=1S/C38H52N4O7/c1-38(17-9-4-10-18-38)33-35(43)42-23-26(22-30(42)36(44)45)48-34-28(13-6-3-5-11-24-21-31(24)49-37(46)40-33)32(27-12-7-8-14-29(27)39-34)47-25-15-19-41(2)20-16-25/h7-8,12,14,24-26,30-31,33H,3-6,9-11,13,15-23H2,1-2H3,(H,40,46)(H,44,45). The lowest BCUT2D eigenvalue weighted by atomic mass is 9.70. The molecule has 1 aromatic heterocycles. The van der Waals surface area contributed by atoms with Gasteiger partial charge >= 0.3 is 12.1 Å². The monoisotopic (exact) mass is 676 g/mol. The van der Waals surface area contributed by atoms with E-state index in [1.165, 1.54) is 4.90 Å². The Bertz CT molecular complexity index is 1540. The van der Waals surface area contributed by atoms with Crippen molar-refractivity contribution in [3.8, 4) is 11.6 Å². The molecule has 2 saturated carbocycles. The molecule has 266 valence electrons. The van der Waals surface area contributed by atoms with Crippen LogP contribution >= 0.6 is 0 Å². The zero-order chi connectivity index (χ0) is 34.1. The van der Waals surface area contributed by atoms with Gasteiger partial charge in [0.05, 0.1) is 17.6 Å². The molecule has 5 aliphatic rings. The summed E-state index contributed by atoms with van der Waals surface area (Å²) < 4.78 is 19.4. The molecule has 7 rings (SSSR count). The minimum Gasteiger partial charge on any atom is -0.489 e. The van der Waals surface area contributed by atoms with E-state index in [-0.39, 0.29) is 31.1 Å². The van der Waals surface area contributed by atoms with Crippen molar-refractivity contribution in [1.82, 2.24) is 20.1 Å². The fraction of sp³-hybridized carbons (Fsp3) is 0.684. The number of piperidine rings is 1. The Morgan fingerprint density at radius 3 is 2.53 bits per heavy atom. The van der Waals surface area contributed by atoms with Gasteiger partial charge in [0, 0.05) is 24.9 Å². The summed E-state index contributed by atoms with van der Waals surface area (Å²) in [6.07, 6.45) is 10.7. The third-order valence-electron chi connectivity index (χ3n) is 11.8. The van der Waals surface area contributed by atoms with Gasteiger partial charge in [0.25, 0.3) is 0 Å². The van der Waals surface area contributed by atoms with Gasteiger partial charge in [-0.15, -0.1) is 0 Å². The number of benzene rings is 1. The van der Waals surface area contributed by atoms with Crippen LogP contribution in [-0.4, -0.2) is 94.9 Å². The molecule has 1 aromatic carbocycles. The van der Waals surface area contributed by atoms with E-state index in [0.717, 1.165) is 112 Å². The SMILES string of the molecule is CN1CCC(Oc2c3c(nc4ccccc24)OC2CC(C(=O)O)N(C2)C(=O)C(C2(C)CCCCC2)NC(=O)OC2CC2CCCCC3)CC1. The number of hydrogen-bond acceptors (Lipinski definition) is 8. The maximum absolute atomic E-state index is 14.5. The van der Waals surface area contributed by atoms with Crippen LogP contribution in [0.15, 0.2) is 24.3 Å². The number of amides is 2. The summed E-state index contributed by atoms with van der Waals surface area (Å²) in [5.74, 6) is 0.134. The lowest BCUT2D eigenvalue weighted by molar-refractivity contribution is -0.150. The number of para-hydroxylation sites is 1. The number of nitrogens with zero attached hydrogens (tertiary/aromatic N) is 3. The van der Waals surface area contributed by atoms with Crippen molar-refractivity contribution < 1.29 is 33.7 Å². The summed E-state index contributed by atoms with van der Waals surface area (Å²) in [5.41, 5.74) is 1.18. The van der Waals surface area contributed by atoms with Crippen molar-refractivity contribution in [2.45, 2.75) is 127 Å². The molecule has 4 fully saturated rings. The number of rotatable bonds is 4. The van der Waals surface area contributed by atoms with Crippen LogP contribution in [0.5, 0.6) is 11.6 Å². The molecular formula is C38H52N4O7. The Morgan fingerprint density at radius 2 is 1.76 bits per heavy atom. The van der Waals surface area contributed by atoms with Crippen LogP contribution in [0.3, 0.4) is 0 Å². The number of likely N-dealkylation sites (tertiary alicyclic amines) is 1. The predicted octanol–water partition coefficient (Wildman–Crippen LogP) is 5.71. The Kier molecular flexibility index (Phi) is 9.91. The van der Waals surface area contributed by atoms with Crippen molar-refractivity contribution in [3.63, 3.8) is 0 Å². The molecule has 2 saturated heterocycles. The average Bonchev–Trinajstić information content (AvgIpc) is 3.67. The van der Waals surface area contributed by atoms with E-state index in [1.807, 2.05) is 25.1 Å². The van der Waals surface area contributed by atoms with E-state index in [0.29, 0.717) is 18.2 Å². The molecule has 2 bridgehead atoms. The van der Waals surface area contributed by atoms with E-state index in [1.54, 1.807) is 0 Å². The summed E-state index contributed by atoms with van der Waals surface area (Å²) in [7, 11) is 2.14. The van der Waals surface area contributed by atoms with Crippen LogP contribution in [-0.2, 0) is 20.7 Å². The number of hydrogen-bond donors (Lipinski definition) is 2. The number of aliphatic carboxylic acids is 1. The predicted molar refractivity (Wildman–Crippen MR) is 184 cm³/mol. The number of ether oxygens (including phenoxy) is 3. The van der Waals surface area contributed by atoms with E-state index in [9.17, 15) is 19.5 Å². The van der Waals surface area contributed by atoms with Gasteiger partial charge in [-0.3, -0.25) is 4.79 Å². The molecule has 0 spiro atoms. The zero-order valence-electron chi connectivity index (χ0n) is 29.0. The first-order chi connectivity index (χ1) is 23.7. The van der Waals surface area contributed by atoms with Crippen LogP contribution < -0.4 is 14.8 Å². The average molecular weight is 677 g/mol. The molecule has 2 aliphatic carbocycles. The van der Waals surface area contributed by atoms with Crippen LogP contribution in [0.4, 0.5) is 4.79 Å². The maximum atomic E-state index is 14.5. The van der Waals surface area contributed by atoms with Crippen molar-refractivity contribution >= 4 is 28.9 Å². The van der Waals surface area contributed by atoms with E-state index >= 15 is 0 Å². The first-order valence-electron chi connectivity index (χ1n) is 18.6. The molecule has 2 aromatic rings. The number of nitrogens with one attached hydrogen (secondary N) is 1. The van der Waals surface area contributed by atoms with Crippen LogP contribution in [0.25, 0.3) is 10.9 Å². The van der Waals surface area contributed by atoms with Gasteiger partial charge in [0.1, 0.15) is 36.1 Å². The molecule has 2 N–H and O–H groups in total. The number of carbonyl (C=O) groups is 3. The fourth-order valence-electron chi connectivity index (χ4n) is 8.63. The second-order valence-electron chi connectivity index (χ2n) is 15.5. The maximum Gasteiger partial charge on any atom is 0.408 e. The first-order valence-corrected chi connectivity index (χ1v) is 18.6. The van der Waals surface area contributed by atoms with Gasteiger partial charge < -0.3 is 34.4 Å². The number of carboxylic acids is 1.